The first kappa shape index (κ1) is 19.7. The van der Waals surface area contributed by atoms with Crippen LogP contribution >= 0.6 is 0 Å². The van der Waals surface area contributed by atoms with Crippen molar-refractivity contribution in [2.75, 3.05) is 23.4 Å². The number of nitrogens with zero attached hydrogens (tertiary/aromatic N) is 2. The molecule has 0 aliphatic rings. The summed E-state index contributed by atoms with van der Waals surface area (Å²) in [6, 6.07) is 14.9. The van der Waals surface area contributed by atoms with Crippen LogP contribution in [0.4, 0.5) is 11.4 Å². The molecule has 7 nitrogen and oxygen atoms in total. The van der Waals surface area contributed by atoms with E-state index in [-0.39, 0.29) is 18.7 Å². The summed E-state index contributed by atoms with van der Waals surface area (Å²) in [5.74, 6) is -1.42. The second kappa shape index (κ2) is 9.15. The SMILES string of the molecule is CCOC(=O)c1ccccc1N(CC(=O)Nc1cccc(C#N)c1)C(C)=O. The van der Waals surface area contributed by atoms with Gasteiger partial charge in [0.25, 0.3) is 0 Å². The van der Waals surface area contributed by atoms with Gasteiger partial charge in [0.2, 0.25) is 11.8 Å². The first-order chi connectivity index (χ1) is 13.0. The molecule has 0 heterocycles. The molecule has 0 unspecified atom stereocenters. The lowest BCUT2D eigenvalue weighted by molar-refractivity contribution is -0.120. The van der Waals surface area contributed by atoms with Gasteiger partial charge in [0, 0.05) is 12.6 Å². The van der Waals surface area contributed by atoms with Crippen LogP contribution in [0, 0.1) is 11.3 Å². The molecule has 0 bridgehead atoms. The average Bonchev–Trinajstić information content (AvgIpc) is 2.66. The number of amides is 2. The Labute approximate surface area is 157 Å². The Morgan fingerprint density at radius 3 is 2.56 bits per heavy atom. The number of rotatable bonds is 6. The molecule has 0 aliphatic carbocycles. The quantitative estimate of drug-likeness (QED) is 0.794. The van der Waals surface area contributed by atoms with Gasteiger partial charge in [0.05, 0.1) is 29.5 Å². The zero-order chi connectivity index (χ0) is 19.8. The third-order valence-electron chi connectivity index (χ3n) is 3.65. The second-order valence-corrected chi connectivity index (χ2v) is 5.58. The Morgan fingerprint density at radius 2 is 1.89 bits per heavy atom. The molecule has 0 aliphatic heterocycles. The lowest BCUT2D eigenvalue weighted by Crippen LogP contribution is -2.37. The highest BCUT2D eigenvalue weighted by Gasteiger charge is 2.22. The fraction of sp³-hybridized carbons (Fsp3) is 0.200. The first-order valence-corrected chi connectivity index (χ1v) is 8.30. The van der Waals surface area contributed by atoms with E-state index in [2.05, 4.69) is 5.32 Å². The summed E-state index contributed by atoms with van der Waals surface area (Å²) in [6.45, 7) is 2.91. The number of anilines is 2. The summed E-state index contributed by atoms with van der Waals surface area (Å²) < 4.78 is 5.02. The number of ether oxygens (including phenoxy) is 1. The maximum Gasteiger partial charge on any atom is 0.340 e. The van der Waals surface area contributed by atoms with Gasteiger partial charge in [0.1, 0.15) is 6.54 Å². The summed E-state index contributed by atoms with van der Waals surface area (Å²) >= 11 is 0. The topological polar surface area (TPSA) is 99.5 Å². The van der Waals surface area contributed by atoms with Crippen LogP contribution in [0.2, 0.25) is 0 Å². The van der Waals surface area contributed by atoms with E-state index in [1.807, 2.05) is 6.07 Å². The van der Waals surface area contributed by atoms with Gasteiger partial charge in [-0.15, -0.1) is 0 Å². The Kier molecular flexibility index (Phi) is 6.67. The van der Waals surface area contributed by atoms with Crippen LogP contribution in [0.1, 0.15) is 29.8 Å². The van der Waals surface area contributed by atoms with E-state index in [1.165, 1.54) is 24.0 Å². The standard InChI is InChI=1S/C20H19N3O4/c1-3-27-20(26)17-9-4-5-10-18(17)23(14(2)24)13-19(25)22-16-8-6-7-15(11-16)12-21/h4-11H,3,13H2,1-2H3,(H,22,25). The molecule has 0 atom stereocenters. The first-order valence-electron chi connectivity index (χ1n) is 8.30. The maximum absolute atomic E-state index is 12.4. The molecule has 27 heavy (non-hydrogen) atoms. The maximum atomic E-state index is 12.4. The number of esters is 1. The Morgan fingerprint density at radius 1 is 1.15 bits per heavy atom. The van der Waals surface area contributed by atoms with Gasteiger partial charge in [-0.3, -0.25) is 9.59 Å². The molecule has 2 aromatic rings. The van der Waals surface area contributed by atoms with Gasteiger partial charge in [-0.25, -0.2) is 4.79 Å². The predicted molar refractivity (Wildman–Crippen MR) is 100 cm³/mol. The second-order valence-electron chi connectivity index (χ2n) is 5.58. The average molecular weight is 365 g/mol. The Balaban J connectivity index is 2.23. The molecule has 2 rings (SSSR count). The molecule has 2 amide bonds. The van der Waals surface area contributed by atoms with E-state index >= 15 is 0 Å². The van der Waals surface area contributed by atoms with Gasteiger partial charge in [0.15, 0.2) is 0 Å². The van der Waals surface area contributed by atoms with Crippen LogP contribution in [0.5, 0.6) is 0 Å². The number of nitrogens with one attached hydrogen (secondary N) is 1. The van der Waals surface area contributed by atoms with Crippen molar-refractivity contribution in [1.29, 1.82) is 5.26 Å². The summed E-state index contributed by atoms with van der Waals surface area (Å²) in [7, 11) is 0. The van der Waals surface area contributed by atoms with Crippen LogP contribution in [0.15, 0.2) is 48.5 Å². The number of carbonyl (C=O) groups excluding carboxylic acids is 3. The van der Waals surface area contributed by atoms with Gasteiger partial charge < -0.3 is 15.0 Å². The number of carbonyl (C=O) groups is 3. The van der Waals surface area contributed by atoms with E-state index in [0.717, 1.165) is 0 Å². The molecule has 0 saturated carbocycles. The molecule has 138 valence electrons. The lowest BCUT2D eigenvalue weighted by Gasteiger charge is -2.23. The third kappa shape index (κ3) is 5.16. The molecule has 0 aromatic heterocycles. The predicted octanol–water partition coefficient (Wildman–Crippen LogP) is 2.73. The highest BCUT2D eigenvalue weighted by atomic mass is 16.5. The lowest BCUT2D eigenvalue weighted by atomic mass is 10.1. The minimum absolute atomic E-state index is 0.197. The third-order valence-corrected chi connectivity index (χ3v) is 3.65. The minimum atomic E-state index is -0.568. The van der Waals surface area contributed by atoms with Crippen LogP contribution in [0.3, 0.4) is 0 Å². The fourth-order valence-electron chi connectivity index (χ4n) is 2.47. The zero-order valence-corrected chi connectivity index (χ0v) is 15.1. The van der Waals surface area contributed by atoms with Crippen LogP contribution < -0.4 is 10.2 Å². The molecule has 7 heteroatoms. The molecule has 0 saturated heterocycles. The van der Waals surface area contributed by atoms with E-state index in [1.54, 1.807) is 43.3 Å². The number of benzene rings is 2. The van der Waals surface area contributed by atoms with Crippen molar-refractivity contribution < 1.29 is 19.1 Å². The molecular weight excluding hydrogens is 346 g/mol. The van der Waals surface area contributed by atoms with Crippen molar-refractivity contribution >= 4 is 29.2 Å². The monoisotopic (exact) mass is 365 g/mol. The van der Waals surface area contributed by atoms with Crippen molar-refractivity contribution in [2.24, 2.45) is 0 Å². The van der Waals surface area contributed by atoms with Crippen molar-refractivity contribution in [3.8, 4) is 6.07 Å². The minimum Gasteiger partial charge on any atom is -0.462 e. The Bertz CT molecular complexity index is 902. The zero-order valence-electron chi connectivity index (χ0n) is 15.1. The van der Waals surface area contributed by atoms with E-state index in [9.17, 15) is 14.4 Å². The van der Waals surface area contributed by atoms with Crippen molar-refractivity contribution in [3.63, 3.8) is 0 Å². The van der Waals surface area contributed by atoms with E-state index < -0.39 is 17.8 Å². The highest BCUT2D eigenvalue weighted by Crippen LogP contribution is 2.22. The molecule has 2 aromatic carbocycles. The highest BCUT2D eigenvalue weighted by molar-refractivity contribution is 6.06. The van der Waals surface area contributed by atoms with Crippen molar-refractivity contribution in [3.05, 3.63) is 59.7 Å². The molecule has 0 fully saturated rings. The number of hydrogen-bond donors (Lipinski definition) is 1. The molecule has 0 spiro atoms. The van der Waals surface area contributed by atoms with Crippen molar-refractivity contribution in [2.45, 2.75) is 13.8 Å². The summed E-state index contributed by atoms with van der Waals surface area (Å²) in [6.07, 6.45) is 0. The van der Waals surface area contributed by atoms with Crippen LogP contribution in [-0.2, 0) is 14.3 Å². The summed E-state index contributed by atoms with van der Waals surface area (Å²) in [4.78, 5) is 37.9. The summed E-state index contributed by atoms with van der Waals surface area (Å²) in [5.41, 5.74) is 1.35. The number of para-hydroxylation sites is 1. The molecular formula is C20H19N3O4. The van der Waals surface area contributed by atoms with Gasteiger partial charge in [-0.2, -0.15) is 5.26 Å². The normalized spacial score (nSPS) is 9.81. The smallest absolute Gasteiger partial charge is 0.340 e. The molecule has 0 radical (unpaired) electrons. The van der Waals surface area contributed by atoms with E-state index in [0.29, 0.717) is 16.9 Å². The van der Waals surface area contributed by atoms with Gasteiger partial charge in [-0.1, -0.05) is 18.2 Å². The van der Waals surface area contributed by atoms with Gasteiger partial charge in [-0.05, 0) is 37.3 Å². The van der Waals surface area contributed by atoms with Crippen LogP contribution in [0.25, 0.3) is 0 Å². The number of hydrogen-bond acceptors (Lipinski definition) is 5. The van der Waals surface area contributed by atoms with Crippen molar-refractivity contribution in [1.82, 2.24) is 0 Å². The molecule has 1 N–H and O–H groups in total. The fourth-order valence-corrected chi connectivity index (χ4v) is 2.47. The summed E-state index contributed by atoms with van der Waals surface area (Å²) in [5, 5.41) is 11.6. The van der Waals surface area contributed by atoms with Gasteiger partial charge >= 0.3 is 5.97 Å². The van der Waals surface area contributed by atoms with Crippen LogP contribution in [-0.4, -0.2) is 30.9 Å². The Hall–Kier alpha value is -3.66. The number of nitriles is 1. The largest absolute Gasteiger partial charge is 0.462 e. The van der Waals surface area contributed by atoms with E-state index in [4.69, 9.17) is 10.00 Å².